The number of carbonyl (C=O) groups is 1. The molecule has 72 valence electrons. The Morgan fingerprint density at radius 3 is 2.42 bits per heavy atom. The van der Waals surface area contributed by atoms with Crippen LogP contribution in [0.15, 0.2) is 0 Å². The van der Waals surface area contributed by atoms with E-state index in [0.29, 0.717) is 6.42 Å². The first kappa shape index (κ1) is 11.4. The van der Waals surface area contributed by atoms with Crippen LogP contribution < -0.4 is 5.32 Å². The molecule has 0 aliphatic heterocycles. The number of amides is 1. The van der Waals surface area contributed by atoms with E-state index in [0.717, 1.165) is 12.8 Å². The second-order valence-electron chi connectivity index (χ2n) is 3.37. The molecule has 1 unspecified atom stereocenters. The van der Waals surface area contributed by atoms with Crippen LogP contribution in [0.1, 0.15) is 40.0 Å². The third-order valence-electron chi connectivity index (χ3n) is 2.05. The number of nitrogens with one attached hydrogen (secondary N) is 1. The number of aliphatic hydroxyl groups is 1. The summed E-state index contributed by atoms with van der Waals surface area (Å²) in [6.07, 6.45) is 2.13. The lowest BCUT2D eigenvalue weighted by Gasteiger charge is -2.27. The molecule has 3 nitrogen and oxygen atoms in total. The van der Waals surface area contributed by atoms with Crippen LogP contribution in [0.3, 0.4) is 0 Å². The van der Waals surface area contributed by atoms with Crippen molar-refractivity contribution in [1.82, 2.24) is 5.32 Å². The van der Waals surface area contributed by atoms with E-state index in [1.807, 2.05) is 20.8 Å². The van der Waals surface area contributed by atoms with Gasteiger partial charge in [0.2, 0.25) is 5.91 Å². The van der Waals surface area contributed by atoms with Gasteiger partial charge in [0.1, 0.15) is 0 Å². The second-order valence-corrected chi connectivity index (χ2v) is 3.37. The Labute approximate surface area is 74.2 Å². The molecule has 2 N–H and O–H groups in total. The molecule has 1 amide bonds. The fraction of sp³-hybridized carbons (Fsp3) is 0.889. The average Bonchev–Trinajstić information content (AvgIpc) is 2.05. The summed E-state index contributed by atoms with van der Waals surface area (Å²) >= 11 is 0. The molecule has 1 atom stereocenters. The molecule has 0 aromatic carbocycles. The second kappa shape index (κ2) is 5.14. The van der Waals surface area contributed by atoms with Crippen molar-refractivity contribution in [1.29, 1.82) is 0 Å². The Balaban J connectivity index is 3.93. The summed E-state index contributed by atoms with van der Waals surface area (Å²) < 4.78 is 0. The van der Waals surface area contributed by atoms with Gasteiger partial charge in [-0.15, -0.1) is 0 Å². The molecule has 0 aromatic rings. The molecule has 0 rings (SSSR count). The van der Waals surface area contributed by atoms with Crippen LogP contribution in [0.2, 0.25) is 0 Å². The summed E-state index contributed by atoms with van der Waals surface area (Å²) in [6, 6.07) is 0. The standard InChI is InChI=1S/C9H19NO2/c1-4-6-8(12)10-9(3,5-2)7-11/h11H,4-7H2,1-3H3,(H,10,12). The molecule has 0 aliphatic rings. The molecule has 0 fully saturated rings. The van der Waals surface area contributed by atoms with Crippen LogP contribution >= 0.6 is 0 Å². The van der Waals surface area contributed by atoms with E-state index in [4.69, 9.17) is 5.11 Å². The van der Waals surface area contributed by atoms with Crippen LogP contribution in [-0.4, -0.2) is 23.2 Å². The van der Waals surface area contributed by atoms with Crippen molar-refractivity contribution in [2.45, 2.75) is 45.6 Å². The van der Waals surface area contributed by atoms with E-state index >= 15 is 0 Å². The van der Waals surface area contributed by atoms with Gasteiger partial charge in [-0.2, -0.15) is 0 Å². The number of rotatable bonds is 5. The van der Waals surface area contributed by atoms with E-state index in [1.165, 1.54) is 0 Å². The minimum atomic E-state index is -0.438. The normalized spacial score (nSPS) is 15.3. The van der Waals surface area contributed by atoms with Crippen LogP contribution in [0.5, 0.6) is 0 Å². The Bertz CT molecular complexity index is 141. The molecular weight excluding hydrogens is 154 g/mol. The largest absolute Gasteiger partial charge is 0.394 e. The zero-order valence-electron chi connectivity index (χ0n) is 8.18. The first-order chi connectivity index (χ1) is 5.58. The summed E-state index contributed by atoms with van der Waals surface area (Å²) in [6.45, 7) is 5.75. The Morgan fingerprint density at radius 2 is 2.08 bits per heavy atom. The number of hydrogen-bond donors (Lipinski definition) is 2. The zero-order valence-corrected chi connectivity index (χ0v) is 8.18. The van der Waals surface area contributed by atoms with E-state index in [1.54, 1.807) is 0 Å². The van der Waals surface area contributed by atoms with Gasteiger partial charge in [0, 0.05) is 6.42 Å². The molecule has 0 bridgehead atoms. The molecule has 0 aliphatic carbocycles. The van der Waals surface area contributed by atoms with Gasteiger partial charge in [0.25, 0.3) is 0 Å². The van der Waals surface area contributed by atoms with Gasteiger partial charge in [-0.25, -0.2) is 0 Å². The fourth-order valence-corrected chi connectivity index (χ4v) is 0.866. The SMILES string of the molecule is CCCC(=O)NC(C)(CC)CO. The molecule has 0 aromatic heterocycles. The maximum absolute atomic E-state index is 11.2. The van der Waals surface area contributed by atoms with Crippen molar-refractivity contribution in [3.63, 3.8) is 0 Å². The lowest BCUT2D eigenvalue weighted by molar-refractivity contribution is -0.123. The van der Waals surface area contributed by atoms with Crippen molar-refractivity contribution in [2.24, 2.45) is 0 Å². The molecule has 0 saturated carbocycles. The zero-order chi connectivity index (χ0) is 9.61. The minimum Gasteiger partial charge on any atom is -0.394 e. The van der Waals surface area contributed by atoms with Crippen LogP contribution in [0.25, 0.3) is 0 Å². The highest BCUT2D eigenvalue weighted by molar-refractivity contribution is 5.76. The highest BCUT2D eigenvalue weighted by atomic mass is 16.3. The lowest BCUT2D eigenvalue weighted by atomic mass is 10.00. The molecule has 12 heavy (non-hydrogen) atoms. The highest BCUT2D eigenvalue weighted by Crippen LogP contribution is 2.07. The van der Waals surface area contributed by atoms with Gasteiger partial charge in [-0.1, -0.05) is 13.8 Å². The van der Waals surface area contributed by atoms with E-state index < -0.39 is 5.54 Å². The highest BCUT2D eigenvalue weighted by Gasteiger charge is 2.22. The molecule has 0 heterocycles. The van der Waals surface area contributed by atoms with Crippen molar-refractivity contribution in [2.75, 3.05) is 6.61 Å². The Morgan fingerprint density at radius 1 is 1.50 bits per heavy atom. The topological polar surface area (TPSA) is 49.3 Å². The number of aliphatic hydroxyl groups excluding tert-OH is 1. The van der Waals surface area contributed by atoms with Gasteiger partial charge in [0.05, 0.1) is 12.1 Å². The molecular formula is C9H19NO2. The quantitative estimate of drug-likeness (QED) is 0.653. The summed E-state index contributed by atoms with van der Waals surface area (Å²) in [5.41, 5.74) is -0.438. The van der Waals surface area contributed by atoms with Gasteiger partial charge >= 0.3 is 0 Å². The summed E-state index contributed by atoms with van der Waals surface area (Å²) in [4.78, 5) is 11.2. The first-order valence-electron chi connectivity index (χ1n) is 4.50. The first-order valence-corrected chi connectivity index (χ1v) is 4.50. The van der Waals surface area contributed by atoms with Gasteiger partial charge in [-0.05, 0) is 19.8 Å². The molecule has 0 radical (unpaired) electrons. The fourth-order valence-electron chi connectivity index (χ4n) is 0.866. The Hall–Kier alpha value is -0.570. The smallest absolute Gasteiger partial charge is 0.220 e. The summed E-state index contributed by atoms with van der Waals surface area (Å²) in [5.74, 6) is 0.0240. The van der Waals surface area contributed by atoms with Crippen LogP contribution in [0, 0.1) is 0 Å². The Kier molecular flexibility index (Phi) is 4.90. The van der Waals surface area contributed by atoms with Gasteiger partial charge in [0.15, 0.2) is 0 Å². The van der Waals surface area contributed by atoms with Gasteiger partial charge < -0.3 is 10.4 Å². The van der Waals surface area contributed by atoms with Crippen LogP contribution in [0.4, 0.5) is 0 Å². The van der Waals surface area contributed by atoms with Crippen molar-refractivity contribution >= 4 is 5.91 Å². The molecule has 3 heteroatoms. The number of carbonyl (C=O) groups excluding carboxylic acids is 1. The third-order valence-corrected chi connectivity index (χ3v) is 2.05. The van der Waals surface area contributed by atoms with Crippen molar-refractivity contribution in [3.05, 3.63) is 0 Å². The third kappa shape index (κ3) is 3.72. The average molecular weight is 173 g/mol. The van der Waals surface area contributed by atoms with Crippen molar-refractivity contribution < 1.29 is 9.90 Å². The lowest BCUT2D eigenvalue weighted by Crippen LogP contribution is -2.48. The van der Waals surface area contributed by atoms with Crippen LogP contribution in [-0.2, 0) is 4.79 Å². The van der Waals surface area contributed by atoms with E-state index in [2.05, 4.69) is 5.32 Å². The minimum absolute atomic E-state index is 0.00104. The predicted octanol–water partition coefficient (Wildman–Crippen LogP) is 1.06. The maximum atomic E-state index is 11.2. The monoisotopic (exact) mass is 173 g/mol. The van der Waals surface area contributed by atoms with E-state index in [-0.39, 0.29) is 12.5 Å². The molecule has 0 saturated heterocycles. The van der Waals surface area contributed by atoms with Crippen molar-refractivity contribution in [3.8, 4) is 0 Å². The summed E-state index contributed by atoms with van der Waals surface area (Å²) in [5, 5.41) is 11.8. The molecule has 0 spiro atoms. The van der Waals surface area contributed by atoms with E-state index in [9.17, 15) is 4.79 Å². The number of hydrogen-bond acceptors (Lipinski definition) is 2. The van der Waals surface area contributed by atoms with Gasteiger partial charge in [-0.3, -0.25) is 4.79 Å². The predicted molar refractivity (Wildman–Crippen MR) is 48.8 cm³/mol. The summed E-state index contributed by atoms with van der Waals surface area (Å²) in [7, 11) is 0. The maximum Gasteiger partial charge on any atom is 0.220 e.